The van der Waals surface area contributed by atoms with Crippen molar-refractivity contribution < 1.29 is 8.42 Å². The van der Waals surface area contributed by atoms with Crippen LogP contribution in [0.3, 0.4) is 0 Å². The largest absolute Gasteiger partial charge is 0.389 e. The fourth-order valence-electron chi connectivity index (χ4n) is 1.56. The molecule has 1 aromatic heterocycles. The Morgan fingerprint density at radius 2 is 2.10 bits per heavy atom. The van der Waals surface area contributed by atoms with Crippen LogP contribution >= 0.6 is 35.2 Å². The van der Waals surface area contributed by atoms with Crippen molar-refractivity contribution in [2.24, 2.45) is 5.73 Å². The molecule has 3 N–H and O–H groups in total. The minimum Gasteiger partial charge on any atom is -0.389 e. The molecule has 0 aliphatic rings. The first-order valence-electron chi connectivity index (χ1n) is 5.77. The number of hydrogen-bond acceptors (Lipinski definition) is 5. The van der Waals surface area contributed by atoms with Crippen molar-refractivity contribution in [1.29, 1.82) is 0 Å². The number of aromatic nitrogens is 1. The van der Waals surface area contributed by atoms with Crippen molar-refractivity contribution in [3.63, 3.8) is 0 Å². The van der Waals surface area contributed by atoms with E-state index in [9.17, 15) is 8.42 Å². The van der Waals surface area contributed by atoms with Gasteiger partial charge in [-0.3, -0.25) is 4.72 Å². The van der Waals surface area contributed by atoms with Gasteiger partial charge in [0.1, 0.15) is 9.88 Å². The first-order chi connectivity index (χ1) is 9.70. The molecular formula is C12H12ClN3O2S3. The second-order valence-corrected chi connectivity index (χ2v) is 7.98. The molecule has 0 atom stereocenters. The standard InChI is InChI=1S/C12H12ClN3O2S3/c1-6-7(2)20-12(15-6)16-21(17,18)10-4-3-8(11(14)19)5-9(10)13/h3-5H,1-2H3,(H2,14,19)(H,15,16). The Kier molecular flexibility index (Phi) is 4.52. The molecule has 5 nitrogen and oxygen atoms in total. The SMILES string of the molecule is Cc1nc(NS(=O)(=O)c2ccc(C(N)=S)cc2Cl)sc1C. The fourth-order valence-corrected chi connectivity index (χ4v) is 4.28. The number of hydrogen-bond donors (Lipinski definition) is 2. The number of benzene rings is 1. The smallest absolute Gasteiger partial charge is 0.265 e. The third-order valence-electron chi connectivity index (χ3n) is 2.76. The number of nitrogens with zero attached hydrogens (tertiary/aromatic N) is 1. The van der Waals surface area contributed by atoms with Gasteiger partial charge in [-0.2, -0.15) is 0 Å². The van der Waals surface area contributed by atoms with Crippen molar-refractivity contribution in [1.82, 2.24) is 4.98 Å². The van der Waals surface area contributed by atoms with Gasteiger partial charge >= 0.3 is 0 Å². The summed E-state index contributed by atoms with van der Waals surface area (Å²) >= 11 is 12.1. The van der Waals surface area contributed by atoms with Gasteiger partial charge in [0, 0.05) is 10.4 Å². The van der Waals surface area contributed by atoms with E-state index < -0.39 is 10.0 Å². The number of thiocarbonyl (C=S) groups is 1. The molecule has 2 aromatic rings. The molecule has 0 saturated carbocycles. The summed E-state index contributed by atoms with van der Waals surface area (Å²) in [6.45, 7) is 3.68. The Hall–Kier alpha value is -1.22. The molecule has 2 rings (SSSR count). The number of thiazole rings is 1. The van der Waals surface area contributed by atoms with Crippen LogP contribution in [0.5, 0.6) is 0 Å². The van der Waals surface area contributed by atoms with Crippen molar-refractivity contribution in [3.8, 4) is 0 Å². The average molecular weight is 362 g/mol. The average Bonchev–Trinajstić information content (AvgIpc) is 2.66. The van der Waals surface area contributed by atoms with E-state index in [1.165, 1.54) is 29.5 Å². The lowest BCUT2D eigenvalue weighted by Crippen LogP contribution is -2.15. The monoisotopic (exact) mass is 361 g/mol. The summed E-state index contributed by atoms with van der Waals surface area (Å²) in [5, 5.41) is 0.359. The highest BCUT2D eigenvalue weighted by Gasteiger charge is 2.20. The summed E-state index contributed by atoms with van der Waals surface area (Å²) in [4.78, 5) is 5.19. The van der Waals surface area contributed by atoms with E-state index in [1.54, 1.807) is 0 Å². The Balaban J connectivity index is 2.37. The third kappa shape index (κ3) is 3.52. The van der Waals surface area contributed by atoms with Crippen molar-refractivity contribution in [2.45, 2.75) is 18.7 Å². The number of anilines is 1. The predicted octanol–water partition coefficient (Wildman–Crippen LogP) is 2.85. The van der Waals surface area contributed by atoms with E-state index in [2.05, 4.69) is 9.71 Å². The zero-order valence-corrected chi connectivity index (χ0v) is 14.4. The van der Waals surface area contributed by atoms with Gasteiger partial charge in [0.2, 0.25) is 0 Å². The van der Waals surface area contributed by atoms with Gasteiger partial charge in [0.15, 0.2) is 5.13 Å². The number of rotatable bonds is 4. The van der Waals surface area contributed by atoms with Crippen LogP contribution in [-0.4, -0.2) is 18.4 Å². The van der Waals surface area contributed by atoms with Crippen LogP contribution in [0.1, 0.15) is 16.1 Å². The molecule has 1 aromatic carbocycles. The Morgan fingerprint density at radius 1 is 1.43 bits per heavy atom. The Bertz CT molecular complexity index is 796. The first-order valence-corrected chi connectivity index (χ1v) is 8.85. The molecule has 21 heavy (non-hydrogen) atoms. The number of aryl methyl sites for hydroxylation is 2. The van der Waals surface area contributed by atoms with Crippen LogP contribution in [0.15, 0.2) is 23.1 Å². The second kappa shape index (κ2) is 5.88. The minimum atomic E-state index is -3.81. The van der Waals surface area contributed by atoms with Crippen molar-refractivity contribution in [3.05, 3.63) is 39.4 Å². The van der Waals surface area contributed by atoms with Gasteiger partial charge in [-0.15, -0.1) is 11.3 Å². The molecule has 9 heteroatoms. The molecule has 0 fully saturated rings. The van der Waals surface area contributed by atoms with Crippen LogP contribution in [-0.2, 0) is 10.0 Å². The summed E-state index contributed by atoms with van der Waals surface area (Å²) in [5.41, 5.74) is 6.78. The van der Waals surface area contributed by atoms with Crippen molar-refractivity contribution in [2.75, 3.05) is 4.72 Å². The van der Waals surface area contributed by atoms with Crippen LogP contribution in [0.4, 0.5) is 5.13 Å². The van der Waals surface area contributed by atoms with E-state index in [0.29, 0.717) is 10.7 Å². The van der Waals surface area contributed by atoms with Gasteiger partial charge < -0.3 is 5.73 Å². The molecule has 0 saturated heterocycles. The zero-order valence-electron chi connectivity index (χ0n) is 11.2. The predicted molar refractivity (Wildman–Crippen MR) is 89.7 cm³/mol. The molecule has 0 spiro atoms. The molecule has 0 aliphatic carbocycles. The van der Waals surface area contributed by atoms with Crippen LogP contribution < -0.4 is 10.5 Å². The molecule has 1 heterocycles. The van der Waals surface area contributed by atoms with Crippen LogP contribution in [0, 0.1) is 13.8 Å². The molecular weight excluding hydrogens is 350 g/mol. The molecule has 0 unspecified atom stereocenters. The summed E-state index contributed by atoms with van der Waals surface area (Å²) in [6, 6.07) is 4.31. The van der Waals surface area contributed by atoms with Crippen LogP contribution in [0.25, 0.3) is 0 Å². The fraction of sp³-hybridized carbons (Fsp3) is 0.167. The highest BCUT2D eigenvalue weighted by Crippen LogP contribution is 2.27. The normalized spacial score (nSPS) is 11.4. The molecule has 0 radical (unpaired) electrons. The van der Waals surface area contributed by atoms with E-state index in [0.717, 1.165) is 10.6 Å². The molecule has 0 aliphatic heterocycles. The van der Waals surface area contributed by atoms with Crippen LogP contribution in [0.2, 0.25) is 5.02 Å². The maximum absolute atomic E-state index is 12.3. The van der Waals surface area contributed by atoms with Gasteiger partial charge in [-0.1, -0.05) is 29.9 Å². The summed E-state index contributed by atoms with van der Waals surface area (Å²) in [5.74, 6) is 0. The zero-order chi connectivity index (χ0) is 15.8. The lowest BCUT2D eigenvalue weighted by atomic mass is 10.2. The van der Waals surface area contributed by atoms with Gasteiger partial charge in [0.05, 0.1) is 10.7 Å². The quantitative estimate of drug-likeness (QED) is 0.818. The lowest BCUT2D eigenvalue weighted by Gasteiger charge is -2.08. The topological polar surface area (TPSA) is 85.1 Å². The molecule has 0 bridgehead atoms. The maximum atomic E-state index is 12.3. The number of nitrogens with two attached hydrogens (primary N) is 1. The van der Waals surface area contributed by atoms with E-state index in [1.807, 2.05) is 13.8 Å². The van der Waals surface area contributed by atoms with Gasteiger partial charge in [-0.05, 0) is 26.0 Å². The number of halogens is 1. The summed E-state index contributed by atoms with van der Waals surface area (Å²) < 4.78 is 27.1. The number of nitrogens with one attached hydrogen (secondary N) is 1. The maximum Gasteiger partial charge on any atom is 0.265 e. The van der Waals surface area contributed by atoms with E-state index >= 15 is 0 Å². The summed E-state index contributed by atoms with van der Waals surface area (Å²) in [7, 11) is -3.81. The summed E-state index contributed by atoms with van der Waals surface area (Å²) in [6.07, 6.45) is 0. The van der Waals surface area contributed by atoms with Crippen molar-refractivity contribution >= 4 is 55.3 Å². The van der Waals surface area contributed by atoms with E-state index in [4.69, 9.17) is 29.6 Å². The number of sulfonamides is 1. The molecule has 0 amide bonds. The highest BCUT2D eigenvalue weighted by molar-refractivity contribution is 7.93. The first kappa shape index (κ1) is 16.2. The van der Waals surface area contributed by atoms with Gasteiger partial charge in [0.25, 0.3) is 10.0 Å². The van der Waals surface area contributed by atoms with Gasteiger partial charge in [-0.25, -0.2) is 13.4 Å². The Morgan fingerprint density at radius 3 is 2.57 bits per heavy atom. The lowest BCUT2D eigenvalue weighted by molar-refractivity contribution is 0.601. The minimum absolute atomic E-state index is 0.0466. The Labute approximate surface area is 137 Å². The third-order valence-corrected chi connectivity index (χ3v) is 5.93. The van der Waals surface area contributed by atoms with E-state index in [-0.39, 0.29) is 14.9 Å². The highest BCUT2D eigenvalue weighted by atomic mass is 35.5. The second-order valence-electron chi connectivity index (χ2n) is 4.28. The molecule has 112 valence electrons.